The molecule has 0 saturated carbocycles. The van der Waals surface area contributed by atoms with Crippen LogP contribution in [0.5, 0.6) is 11.5 Å². The number of thiazole rings is 1. The van der Waals surface area contributed by atoms with Gasteiger partial charge in [0.15, 0.2) is 16.3 Å². The summed E-state index contributed by atoms with van der Waals surface area (Å²) in [5, 5.41) is 0.782. The Morgan fingerprint density at radius 1 is 1.11 bits per heavy atom. The Morgan fingerprint density at radius 2 is 1.81 bits per heavy atom. The zero-order valence-electron chi connectivity index (χ0n) is 19.6. The topological polar surface area (TPSA) is 96.2 Å². The number of carbonyl (C=O) groups is 2. The van der Waals surface area contributed by atoms with E-state index < -0.39 is 23.5 Å². The van der Waals surface area contributed by atoms with E-state index in [0.29, 0.717) is 36.2 Å². The van der Waals surface area contributed by atoms with E-state index in [0.717, 1.165) is 11.3 Å². The van der Waals surface area contributed by atoms with Gasteiger partial charge in [0.2, 0.25) is 0 Å². The molecule has 1 atom stereocenters. The number of methoxy groups -OCH3 is 2. The van der Waals surface area contributed by atoms with Crippen molar-refractivity contribution in [2.45, 2.75) is 19.9 Å². The first-order chi connectivity index (χ1) is 17.2. The molecule has 1 aliphatic heterocycles. The van der Waals surface area contributed by atoms with E-state index in [2.05, 4.69) is 4.99 Å². The van der Waals surface area contributed by atoms with E-state index in [4.69, 9.17) is 37.4 Å². The second-order valence-electron chi connectivity index (χ2n) is 7.71. The number of fused-ring (bicyclic) bond motifs is 1. The summed E-state index contributed by atoms with van der Waals surface area (Å²) in [5.74, 6) is -0.688. The fourth-order valence-electron chi connectivity index (χ4n) is 3.88. The van der Waals surface area contributed by atoms with Crippen LogP contribution in [0.25, 0.3) is 6.08 Å². The summed E-state index contributed by atoms with van der Waals surface area (Å²) < 4.78 is 17.4. The van der Waals surface area contributed by atoms with Crippen molar-refractivity contribution in [1.29, 1.82) is 0 Å². The normalized spacial score (nSPS) is 15.3. The van der Waals surface area contributed by atoms with Gasteiger partial charge in [0.25, 0.3) is 5.56 Å². The maximum absolute atomic E-state index is 13.7. The summed E-state index contributed by atoms with van der Waals surface area (Å²) >= 11 is 13.8. The van der Waals surface area contributed by atoms with Crippen molar-refractivity contribution in [3.8, 4) is 11.5 Å². The molecular weight excluding hydrogens is 527 g/mol. The third kappa shape index (κ3) is 4.69. The molecule has 0 bridgehead atoms. The van der Waals surface area contributed by atoms with Crippen molar-refractivity contribution < 1.29 is 23.8 Å². The molecule has 0 spiro atoms. The SMILES string of the molecule is COC(=O)C1=C(C)N=c2sc(=Cc3c(Cl)cccc3Cl)c(=O)n2C1c1ccc(OC(C)=O)c(OC)c1. The zero-order valence-corrected chi connectivity index (χ0v) is 22.0. The quantitative estimate of drug-likeness (QED) is 0.358. The highest BCUT2D eigenvalue weighted by Gasteiger charge is 2.33. The van der Waals surface area contributed by atoms with Crippen LogP contribution in [0.1, 0.15) is 31.0 Å². The van der Waals surface area contributed by atoms with Gasteiger partial charge in [0.05, 0.1) is 36.1 Å². The molecular formula is C25H20Cl2N2O6S. The summed E-state index contributed by atoms with van der Waals surface area (Å²) in [4.78, 5) is 42.9. The molecule has 2 heterocycles. The average molecular weight is 547 g/mol. The highest BCUT2D eigenvalue weighted by Crippen LogP contribution is 2.36. The van der Waals surface area contributed by atoms with Crippen LogP contribution >= 0.6 is 34.5 Å². The van der Waals surface area contributed by atoms with Gasteiger partial charge in [-0.3, -0.25) is 14.2 Å². The van der Waals surface area contributed by atoms with E-state index in [1.807, 2.05) is 0 Å². The number of hydrogen-bond donors (Lipinski definition) is 0. The summed E-state index contributed by atoms with van der Waals surface area (Å²) in [7, 11) is 2.68. The van der Waals surface area contributed by atoms with Crippen LogP contribution in [-0.4, -0.2) is 30.7 Å². The van der Waals surface area contributed by atoms with Crippen LogP contribution in [0, 0.1) is 0 Å². The fraction of sp³-hybridized carbons (Fsp3) is 0.200. The molecule has 1 aromatic heterocycles. The molecule has 0 fully saturated rings. The summed E-state index contributed by atoms with van der Waals surface area (Å²) in [6, 6.07) is 8.98. The molecule has 186 valence electrons. The lowest BCUT2D eigenvalue weighted by Gasteiger charge is -2.25. The monoisotopic (exact) mass is 546 g/mol. The third-order valence-electron chi connectivity index (χ3n) is 5.46. The van der Waals surface area contributed by atoms with Gasteiger partial charge in [-0.25, -0.2) is 9.79 Å². The number of carbonyl (C=O) groups excluding carboxylic acids is 2. The van der Waals surface area contributed by atoms with Gasteiger partial charge in [0, 0.05) is 22.5 Å². The zero-order chi connectivity index (χ0) is 26.1. The minimum atomic E-state index is -0.877. The summed E-state index contributed by atoms with van der Waals surface area (Å²) in [6.07, 6.45) is 1.60. The van der Waals surface area contributed by atoms with E-state index in [1.54, 1.807) is 49.4 Å². The Labute approximate surface area is 219 Å². The molecule has 0 radical (unpaired) electrons. The van der Waals surface area contributed by atoms with Gasteiger partial charge in [0.1, 0.15) is 0 Å². The Morgan fingerprint density at radius 3 is 2.42 bits per heavy atom. The minimum Gasteiger partial charge on any atom is -0.493 e. The number of aromatic nitrogens is 1. The molecule has 4 rings (SSSR count). The highest BCUT2D eigenvalue weighted by molar-refractivity contribution is 7.07. The fourth-order valence-corrected chi connectivity index (χ4v) is 5.42. The number of benzene rings is 2. The third-order valence-corrected chi connectivity index (χ3v) is 7.10. The molecule has 2 aromatic carbocycles. The molecule has 0 N–H and O–H groups in total. The number of halogens is 2. The standard InChI is InChI=1S/C25H20Cl2N2O6S/c1-12-21(24(32)34-4)22(14-8-9-18(35-13(2)30)19(10-14)33-3)29-23(31)20(36-25(29)28-12)11-15-16(26)6-5-7-17(15)27/h5-11,22H,1-4H3. The van der Waals surface area contributed by atoms with Crippen molar-refractivity contribution in [3.63, 3.8) is 0 Å². The van der Waals surface area contributed by atoms with Gasteiger partial charge < -0.3 is 14.2 Å². The lowest BCUT2D eigenvalue weighted by Crippen LogP contribution is -2.39. The predicted octanol–water partition coefficient (Wildman–Crippen LogP) is 3.65. The first kappa shape index (κ1) is 25.7. The Hall–Kier alpha value is -3.40. The van der Waals surface area contributed by atoms with Gasteiger partial charge in [-0.15, -0.1) is 0 Å². The molecule has 3 aromatic rings. The molecule has 0 aliphatic carbocycles. The van der Waals surface area contributed by atoms with Gasteiger partial charge >= 0.3 is 11.9 Å². The smallest absolute Gasteiger partial charge is 0.338 e. The first-order valence-electron chi connectivity index (χ1n) is 10.6. The lowest BCUT2D eigenvalue weighted by molar-refractivity contribution is -0.136. The molecule has 1 unspecified atom stereocenters. The number of ether oxygens (including phenoxy) is 3. The van der Waals surface area contributed by atoms with E-state index in [-0.39, 0.29) is 17.1 Å². The predicted molar refractivity (Wildman–Crippen MR) is 137 cm³/mol. The van der Waals surface area contributed by atoms with Crippen LogP contribution in [0.3, 0.4) is 0 Å². The molecule has 0 saturated heterocycles. The van der Waals surface area contributed by atoms with Crippen LogP contribution in [0.2, 0.25) is 10.0 Å². The summed E-state index contributed by atoms with van der Waals surface area (Å²) in [5.41, 5.74) is 1.23. The minimum absolute atomic E-state index is 0.189. The van der Waals surface area contributed by atoms with Crippen molar-refractivity contribution >= 4 is 52.6 Å². The Bertz CT molecular complexity index is 1590. The van der Waals surface area contributed by atoms with Crippen LogP contribution < -0.4 is 24.4 Å². The number of hydrogen-bond acceptors (Lipinski definition) is 8. The Kier molecular flexibility index (Phi) is 7.35. The molecule has 1 aliphatic rings. The van der Waals surface area contributed by atoms with Crippen LogP contribution in [-0.2, 0) is 14.3 Å². The van der Waals surface area contributed by atoms with Crippen molar-refractivity contribution in [2.75, 3.05) is 14.2 Å². The average Bonchev–Trinajstić information content (AvgIpc) is 3.14. The van der Waals surface area contributed by atoms with Gasteiger partial charge in [-0.2, -0.15) is 0 Å². The van der Waals surface area contributed by atoms with Crippen molar-refractivity contribution in [2.24, 2.45) is 4.99 Å². The number of nitrogens with zero attached hydrogens (tertiary/aromatic N) is 2. The molecule has 11 heteroatoms. The van der Waals surface area contributed by atoms with Crippen molar-refractivity contribution in [1.82, 2.24) is 4.57 Å². The maximum Gasteiger partial charge on any atom is 0.338 e. The lowest BCUT2D eigenvalue weighted by atomic mass is 9.95. The van der Waals surface area contributed by atoms with Crippen LogP contribution in [0.4, 0.5) is 0 Å². The molecule has 8 nitrogen and oxygen atoms in total. The highest BCUT2D eigenvalue weighted by atomic mass is 35.5. The van der Waals surface area contributed by atoms with E-state index in [9.17, 15) is 14.4 Å². The maximum atomic E-state index is 13.7. The number of allylic oxidation sites excluding steroid dienone is 1. The Balaban J connectivity index is 1.99. The summed E-state index contributed by atoms with van der Waals surface area (Å²) in [6.45, 7) is 2.95. The number of esters is 2. The molecule has 36 heavy (non-hydrogen) atoms. The van der Waals surface area contributed by atoms with Gasteiger partial charge in [-0.1, -0.05) is 46.7 Å². The largest absolute Gasteiger partial charge is 0.493 e. The van der Waals surface area contributed by atoms with E-state index >= 15 is 0 Å². The first-order valence-corrected chi connectivity index (χ1v) is 12.1. The molecule has 0 amide bonds. The second-order valence-corrected chi connectivity index (χ2v) is 9.54. The van der Waals surface area contributed by atoms with Crippen molar-refractivity contribution in [3.05, 3.63) is 88.5 Å². The number of rotatable bonds is 5. The van der Waals surface area contributed by atoms with E-state index in [1.165, 1.54) is 25.7 Å². The van der Waals surface area contributed by atoms with Crippen LogP contribution in [0.15, 0.2) is 57.5 Å². The van der Waals surface area contributed by atoms with Gasteiger partial charge in [-0.05, 0) is 42.8 Å². The second kappa shape index (κ2) is 10.3.